The van der Waals surface area contributed by atoms with Gasteiger partial charge in [-0.05, 0) is 80.1 Å². The van der Waals surface area contributed by atoms with Gasteiger partial charge in [0.05, 0.1) is 11.3 Å². The minimum Gasteiger partial charge on any atom is -0.480 e. The standard InChI is InChI=1S/C34H39Cl2N5O7S/c1-22-8-4-5-9-28(22)40-34(46)38-26-14-12-23(13-15-26)18-31(42)37-16-6-2-3-10-29(33(44)45)39-32(43)30-11-7-17-41(30)49(47,48)27-20-24(35)19-25(36)21-27/h4-5,8-9,12-15,19-21,29-30H,2-3,6-7,10-11,16-18H2,1H3,(H,37,42)(H,39,43)(H,44,45)(H2,38,40,46)/t29-,30-/m0/s1. The SMILES string of the molecule is Cc1ccccc1NC(=O)Nc1ccc(CC(=O)NCCCCC[C@H](NC(=O)[C@@H]2CCCN2S(=O)(=O)c2cc(Cl)cc(Cl)c2)C(=O)O)cc1. The first-order valence-electron chi connectivity index (χ1n) is 15.8. The third kappa shape index (κ3) is 10.9. The molecule has 0 unspecified atom stereocenters. The number of nitrogens with one attached hydrogen (secondary N) is 4. The van der Waals surface area contributed by atoms with Crippen molar-refractivity contribution in [2.24, 2.45) is 0 Å². The molecule has 0 saturated carbocycles. The van der Waals surface area contributed by atoms with Crippen LogP contribution in [0.3, 0.4) is 0 Å². The van der Waals surface area contributed by atoms with Crippen LogP contribution in [0.1, 0.15) is 49.7 Å². The number of unbranched alkanes of at least 4 members (excludes halogenated alkanes) is 2. The lowest BCUT2D eigenvalue weighted by Gasteiger charge is -2.25. The number of nitrogens with zero attached hydrogens (tertiary/aromatic N) is 1. The average molecular weight is 733 g/mol. The quantitative estimate of drug-likeness (QED) is 0.127. The highest BCUT2D eigenvalue weighted by molar-refractivity contribution is 7.89. The number of amides is 4. The average Bonchev–Trinajstić information content (AvgIpc) is 3.55. The molecule has 1 aliphatic heterocycles. The van der Waals surface area contributed by atoms with E-state index in [1.165, 1.54) is 18.2 Å². The molecule has 3 aromatic carbocycles. The number of aryl methyl sites for hydroxylation is 1. The van der Waals surface area contributed by atoms with Crippen molar-refractivity contribution >= 4 is 68.4 Å². The van der Waals surface area contributed by atoms with Gasteiger partial charge in [0.15, 0.2) is 0 Å². The number of carbonyl (C=O) groups is 4. The first-order chi connectivity index (χ1) is 23.3. The molecule has 12 nitrogen and oxygen atoms in total. The normalized spacial score (nSPS) is 15.3. The summed E-state index contributed by atoms with van der Waals surface area (Å²) in [5.74, 6) is -2.07. The summed E-state index contributed by atoms with van der Waals surface area (Å²) >= 11 is 12.0. The van der Waals surface area contributed by atoms with Crippen molar-refractivity contribution in [2.45, 2.75) is 68.8 Å². The molecule has 3 aromatic rings. The monoisotopic (exact) mass is 731 g/mol. The number of carboxylic acids is 1. The van der Waals surface area contributed by atoms with E-state index in [1.54, 1.807) is 24.3 Å². The zero-order valence-electron chi connectivity index (χ0n) is 26.9. The smallest absolute Gasteiger partial charge is 0.326 e. The van der Waals surface area contributed by atoms with E-state index >= 15 is 0 Å². The number of carbonyl (C=O) groups excluding carboxylic acids is 3. The van der Waals surface area contributed by atoms with Crippen molar-refractivity contribution in [1.29, 1.82) is 0 Å². The van der Waals surface area contributed by atoms with Crippen molar-refractivity contribution < 1.29 is 32.7 Å². The van der Waals surface area contributed by atoms with Crippen LogP contribution < -0.4 is 21.3 Å². The lowest BCUT2D eigenvalue weighted by molar-refractivity contribution is -0.142. The van der Waals surface area contributed by atoms with Gasteiger partial charge in [0.1, 0.15) is 12.1 Å². The molecule has 0 aromatic heterocycles. The molecule has 2 atom stereocenters. The molecule has 15 heteroatoms. The van der Waals surface area contributed by atoms with Crippen LogP contribution >= 0.6 is 23.2 Å². The molecule has 0 aliphatic carbocycles. The minimum atomic E-state index is -4.10. The van der Waals surface area contributed by atoms with Gasteiger partial charge < -0.3 is 26.4 Å². The summed E-state index contributed by atoms with van der Waals surface area (Å²) < 4.78 is 27.6. The van der Waals surface area contributed by atoms with Crippen LogP contribution in [0.4, 0.5) is 16.2 Å². The molecule has 1 heterocycles. The summed E-state index contributed by atoms with van der Waals surface area (Å²) in [5, 5.41) is 20.9. The van der Waals surface area contributed by atoms with E-state index in [-0.39, 0.29) is 52.7 Å². The molecule has 262 valence electrons. The number of halogens is 2. The van der Waals surface area contributed by atoms with Crippen LogP contribution in [0, 0.1) is 6.92 Å². The number of benzene rings is 3. The largest absolute Gasteiger partial charge is 0.480 e. The van der Waals surface area contributed by atoms with Gasteiger partial charge in [-0.2, -0.15) is 4.31 Å². The van der Waals surface area contributed by atoms with E-state index < -0.39 is 34.0 Å². The number of sulfonamides is 1. The summed E-state index contributed by atoms with van der Waals surface area (Å²) in [5.41, 5.74) is 3.01. The van der Waals surface area contributed by atoms with Crippen LogP contribution in [0.25, 0.3) is 0 Å². The second kappa shape index (κ2) is 17.5. The van der Waals surface area contributed by atoms with Gasteiger partial charge in [-0.3, -0.25) is 9.59 Å². The third-order valence-electron chi connectivity index (χ3n) is 8.03. The van der Waals surface area contributed by atoms with E-state index in [0.717, 1.165) is 15.4 Å². The van der Waals surface area contributed by atoms with E-state index in [9.17, 15) is 32.7 Å². The fourth-order valence-corrected chi connectivity index (χ4v) is 7.84. The van der Waals surface area contributed by atoms with Gasteiger partial charge in [-0.1, -0.05) is 66.4 Å². The van der Waals surface area contributed by atoms with Crippen molar-refractivity contribution in [1.82, 2.24) is 14.9 Å². The molecule has 4 rings (SSSR count). The number of aliphatic carboxylic acids is 1. The predicted molar refractivity (Wildman–Crippen MR) is 188 cm³/mol. The van der Waals surface area contributed by atoms with Crippen molar-refractivity contribution in [3.8, 4) is 0 Å². The summed E-state index contributed by atoms with van der Waals surface area (Å²) in [7, 11) is -4.10. The van der Waals surface area contributed by atoms with Gasteiger partial charge in [0.25, 0.3) is 0 Å². The maximum absolute atomic E-state index is 13.3. The van der Waals surface area contributed by atoms with E-state index in [4.69, 9.17) is 23.2 Å². The maximum Gasteiger partial charge on any atom is 0.326 e. The molecular weight excluding hydrogens is 693 g/mol. The number of anilines is 2. The van der Waals surface area contributed by atoms with Gasteiger partial charge >= 0.3 is 12.0 Å². The Labute approximate surface area is 295 Å². The number of urea groups is 1. The highest BCUT2D eigenvalue weighted by Gasteiger charge is 2.40. The number of rotatable bonds is 15. The number of para-hydroxylation sites is 1. The molecule has 0 bridgehead atoms. The summed E-state index contributed by atoms with van der Waals surface area (Å²) in [6.07, 6.45) is 2.64. The molecule has 49 heavy (non-hydrogen) atoms. The molecule has 0 spiro atoms. The fraction of sp³-hybridized carbons (Fsp3) is 0.353. The van der Waals surface area contributed by atoms with Gasteiger partial charge in [0, 0.05) is 34.5 Å². The zero-order valence-corrected chi connectivity index (χ0v) is 29.2. The summed E-state index contributed by atoms with van der Waals surface area (Å²) in [4.78, 5) is 49.6. The number of hydrogen-bond acceptors (Lipinski definition) is 6. The molecule has 5 N–H and O–H groups in total. The Kier molecular flexibility index (Phi) is 13.4. The minimum absolute atomic E-state index is 0.101. The predicted octanol–water partition coefficient (Wildman–Crippen LogP) is 5.59. The van der Waals surface area contributed by atoms with Gasteiger partial charge in [-0.25, -0.2) is 18.0 Å². The second-order valence-electron chi connectivity index (χ2n) is 11.7. The van der Waals surface area contributed by atoms with Gasteiger partial charge in [-0.15, -0.1) is 0 Å². The van der Waals surface area contributed by atoms with Crippen molar-refractivity contribution in [2.75, 3.05) is 23.7 Å². The number of carboxylic acid groups (broad SMARTS) is 1. The van der Waals surface area contributed by atoms with Crippen LogP contribution in [0.5, 0.6) is 0 Å². The van der Waals surface area contributed by atoms with E-state index in [0.29, 0.717) is 43.6 Å². The highest BCUT2D eigenvalue weighted by Crippen LogP contribution is 2.30. The first-order valence-corrected chi connectivity index (χ1v) is 18.0. The van der Waals surface area contributed by atoms with Crippen LogP contribution in [-0.4, -0.2) is 66.8 Å². The Morgan fingerprint density at radius 2 is 1.63 bits per heavy atom. The molecule has 1 saturated heterocycles. The Balaban J connectivity index is 1.16. The van der Waals surface area contributed by atoms with Crippen molar-refractivity contribution in [3.05, 3.63) is 87.9 Å². The Morgan fingerprint density at radius 1 is 0.939 bits per heavy atom. The molecular formula is C34H39Cl2N5O7S. The van der Waals surface area contributed by atoms with E-state index in [1.807, 2.05) is 31.2 Å². The molecule has 1 fully saturated rings. The second-order valence-corrected chi connectivity index (χ2v) is 14.5. The van der Waals surface area contributed by atoms with E-state index in [2.05, 4.69) is 21.3 Å². The Hall–Kier alpha value is -4.17. The number of hydrogen-bond donors (Lipinski definition) is 5. The van der Waals surface area contributed by atoms with Crippen LogP contribution in [0.15, 0.2) is 71.6 Å². The maximum atomic E-state index is 13.3. The third-order valence-corrected chi connectivity index (χ3v) is 10.3. The zero-order chi connectivity index (χ0) is 35.6. The Bertz CT molecular complexity index is 1750. The Morgan fingerprint density at radius 3 is 2.31 bits per heavy atom. The summed E-state index contributed by atoms with van der Waals surface area (Å²) in [6.45, 7) is 2.40. The topological polar surface area (TPSA) is 174 Å². The lowest BCUT2D eigenvalue weighted by Crippen LogP contribution is -2.50. The van der Waals surface area contributed by atoms with Gasteiger partial charge in [0.2, 0.25) is 21.8 Å². The highest BCUT2D eigenvalue weighted by atomic mass is 35.5. The molecule has 4 amide bonds. The summed E-state index contributed by atoms with van der Waals surface area (Å²) in [6, 6.07) is 15.7. The fourth-order valence-electron chi connectivity index (χ4n) is 5.46. The molecule has 1 aliphatic rings. The van der Waals surface area contributed by atoms with Crippen LogP contribution in [0.2, 0.25) is 10.0 Å². The first kappa shape index (κ1) is 37.6. The lowest BCUT2D eigenvalue weighted by atomic mass is 10.1. The van der Waals surface area contributed by atoms with Crippen LogP contribution in [-0.2, 0) is 30.8 Å². The molecule has 0 radical (unpaired) electrons. The van der Waals surface area contributed by atoms with Crippen molar-refractivity contribution in [3.63, 3.8) is 0 Å².